The normalized spacial score (nSPS) is 10.2. The smallest absolute Gasteiger partial charge is 0.119 e. The number of hydrogen-bond acceptors (Lipinski definition) is 1. The van der Waals surface area contributed by atoms with Gasteiger partial charge in [-0.15, -0.1) is 6.58 Å². The molecule has 0 N–H and O–H groups in total. The van der Waals surface area contributed by atoms with Crippen LogP contribution in [0.1, 0.15) is 81.4 Å². The zero-order valence-electron chi connectivity index (χ0n) is 18.1. The lowest BCUT2D eigenvalue weighted by molar-refractivity contribution is 0.304. The molecule has 0 unspecified atom stereocenters. The molecule has 1 heteroatoms. The van der Waals surface area contributed by atoms with Crippen LogP contribution in [0.2, 0.25) is 0 Å². The zero-order valence-corrected chi connectivity index (χ0v) is 18.1. The van der Waals surface area contributed by atoms with Gasteiger partial charge in [0.15, 0.2) is 0 Å². The molecule has 0 aliphatic heterocycles. The second-order valence-electron chi connectivity index (χ2n) is 7.62. The molecule has 0 fully saturated rings. The molecule has 0 atom stereocenters. The molecule has 0 aliphatic rings. The van der Waals surface area contributed by atoms with Crippen molar-refractivity contribution in [2.24, 2.45) is 0 Å². The molecule has 0 spiro atoms. The van der Waals surface area contributed by atoms with E-state index < -0.39 is 0 Å². The van der Waals surface area contributed by atoms with Gasteiger partial charge in [0.25, 0.3) is 0 Å². The van der Waals surface area contributed by atoms with Crippen LogP contribution in [0.3, 0.4) is 0 Å². The number of allylic oxidation sites excluding steroid dienone is 1. The van der Waals surface area contributed by atoms with E-state index in [1.54, 1.807) is 0 Å². The molecule has 0 aliphatic carbocycles. The van der Waals surface area contributed by atoms with E-state index in [9.17, 15) is 0 Å². The van der Waals surface area contributed by atoms with E-state index >= 15 is 0 Å². The molecule has 0 amide bonds. The first-order valence-corrected chi connectivity index (χ1v) is 11.3. The van der Waals surface area contributed by atoms with Crippen LogP contribution in [-0.2, 0) is 6.42 Å². The van der Waals surface area contributed by atoms with Crippen molar-refractivity contribution in [3.8, 4) is 17.6 Å². The molecular formula is C28H36O. The molecule has 1 nitrogen and oxygen atoms in total. The van der Waals surface area contributed by atoms with Crippen LogP contribution in [0.5, 0.6) is 5.75 Å². The van der Waals surface area contributed by atoms with E-state index in [2.05, 4.69) is 49.6 Å². The Labute approximate surface area is 178 Å². The summed E-state index contributed by atoms with van der Waals surface area (Å²) in [4.78, 5) is 0. The van der Waals surface area contributed by atoms with E-state index in [4.69, 9.17) is 4.74 Å². The summed E-state index contributed by atoms with van der Waals surface area (Å²) in [6.07, 6.45) is 14.3. The van der Waals surface area contributed by atoms with Crippen molar-refractivity contribution in [2.75, 3.05) is 6.61 Å². The van der Waals surface area contributed by atoms with Crippen LogP contribution >= 0.6 is 0 Å². The third-order valence-electron chi connectivity index (χ3n) is 5.05. The second kappa shape index (κ2) is 14.5. The first kappa shape index (κ1) is 22.8. The Bertz CT molecular complexity index is 744. The van der Waals surface area contributed by atoms with Crippen LogP contribution in [0, 0.1) is 11.8 Å². The van der Waals surface area contributed by atoms with Crippen molar-refractivity contribution in [3.63, 3.8) is 0 Å². The molecule has 2 aromatic carbocycles. The molecule has 0 radical (unpaired) electrons. The molecule has 0 bridgehead atoms. The molecule has 29 heavy (non-hydrogen) atoms. The Balaban J connectivity index is 1.74. The maximum atomic E-state index is 5.82. The zero-order chi connectivity index (χ0) is 20.6. The highest BCUT2D eigenvalue weighted by Gasteiger charge is 1.96. The van der Waals surface area contributed by atoms with Gasteiger partial charge in [-0.05, 0) is 74.1 Å². The van der Waals surface area contributed by atoms with E-state index in [0.29, 0.717) is 0 Å². The van der Waals surface area contributed by atoms with Gasteiger partial charge in [-0.25, -0.2) is 0 Å². The highest BCUT2D eigenvalue weighted by molar-refractivity contribution is 5.44. The first-order chi connectivity index (χ1) is 14.3. The molecule has 2 rings (SSSR count). The van der Waals surface area contributed by atoms with E-state index in [0.717, 1.165) is 42.7 Å². The lowest BCUT2D eigenvalue weighted by atomic mass is 10.0. The highest BCUT2D eigenvalue weighted by Crippen LogP contribution is 2.13. The molecule has 0 saturated carbocycles. The monoisotopic (exact) mass is 388 g/mol. The number of rotatable bonds is 13. The number of aryl methyl sites for hydroxylation is 1. The SMILES string of the molecule is C=CCCCCCc1ccc(C#Cc2ccc(OCCCCCCC)cc2)cc1. The predicted octanol–water partition coefficient (Wildman–Crippen LogP) is 7.72. The Morgan fingerprint density at radius 3 is 2.03 bits per heavy atom. The van der Waals surface area contributed by atoms with Crippen LogP contribution in [0.15, 0.2) is 61.2 Å². The first-order valence-electron chi connectivity index (χ1n) is 11.3. The Morgan fingerprint density at radius 1 is 0.759 bits per heavy atom. The van der Waals surface area contributed by atoms with Gasteiger partial charge < -0.3 is 4.74 Å². The lowest BCUT2D eigenvalue weighted by Gasteiger charge is -2.05. The Kier molecular flexibility index (Phi) is 11.4. The number of ether oxygens (including phenoxy) is 1. The standard InChI is InChI=1S/C28H36O/c1-3-5-7-9-11-13-25-14-16-26(17-15-25)18-19-27-20-22-28(23-21-27)29-24-12-10-8-6-4-2/h3,14-17,20-23H,1,4-13,24H2,2H3. The minimum Gasteiger partial charge on any atom is -0.494 e. The van der Waals surface area contributed by atoms with Crippen molar-refractivity contribution < 1.29 is 4.74 Å². The lowest BCUT2D eigenvalue weighted by Crippen LogP contribution is -1.97. The summed E-state index contributed by atoms with van der Waals surface area (Å²) in [5.74, 6) is 7.44. The number of hydrogen-bond donors (Lipinski definition) is 0. The topological polar surface area (TPSA) is 9.23 Å². The summed E-state index contributed by atoms with van der Waals surface area (Å²) in [5, 5.41) is 0. The van der Waals surface area contributed by atoms with Gasteiger partial charge in [0.05, 0.1) is 6.61 Å². The highest BCUT2D eigenvalue weighted by atomic mass is 16.5. The van der Waals surface area contributed by atoms with Gasteiger partial charge in [-0.1, -0.05) is 69.1 Å². The minimum atomic E-state index is 0.801. The van der Waals surface area contributed by atoms with Gasteiger partial charge in [0.2, 0.25) is 0 Å². The maximum Gasteiger partial charge on any atom is 0.119 e. The largest absolute Gasteiger partial charge is 0.494 e. The summed E-state index contributed by atoms with van der Waals surface area (Å²) in [5.41, 5.74) is 3.48. The summed E-state index contributed by atoms with van der Waals surface area (Å²) in [7, 11) is 0. The van der Waals surface area contributed by atoms with E-state index in [-0.39, 0.29) is 0 Å². The number of unbranched alkanes of at least 4 members (excludes halogenated alkanes) is 7. The fraction of sp³-hybridized carbons (Fsp3) is 0.429. The molecule has 2 aromatic rings. The van der Waals surface area contributed by atoms with Gasteiger partial charge in [-0.2, -0.15) is 0 Å². The average Bonchev–Trinajstić information content (AvgIpc) is 2.76. The summed E-state index contributed by atoms with van der Waals surface area (Å²) in [6.45, 7) is 6.81. The second-order valence-corrected chi connectivity index (χ2v) is 7.62. The van der Waals surface area contributed by atoms with Crippen LogP contribution in [0.4, 0.5) is 0 Å². The van der Waals surface area contributed by atoms with Crippen LogP contribution in [-0.4, -0.2) is 6.61 Å². The van der Waals surface area contributed by atoms with Crippen molar-refractivity contribution in [1.82, 2.24) is 0 Å². The third kappa shape index (κ3) is 10.0. The van der Waals surface area contributed by atoms with Crippen molar-refractivity contribution in [3.05, 3.63) is 77.9 Å². The molecule has 0 heterocycles. The molecule has 154 valence electrons. The van der Waals surface area contributed by atoms with Gasteiger partial charge in [0.1, 0.15) is 5.75 Å². The van der Waals surface area contributed by atoms with Crippen molar-refractivity contribution in [1.29, 1.82) is 0 Å². The summed E-state index contributed by atoms with van der Waals surface area (Å²) in [6, 6.07) is 16.8. The van der Waals surface area contributed by atoms with Crippen LogP contribution in [0.25, 0.3) is 0 Å². The van der Waals surface area contributed by atoms with Crippen molar-refractivity contribution in [2.45, 2.75) is 71.1 Å². The third-order valence-corrected chi connectivity index (χ3v) is 5.05. The van der Waals surface area contributed by atoms with Crippen LogP contribution < -0.4 is 4.74 Å². The molecule has 0 aromatic heterocycles. The van der Waals surface area contributed by atoms with Gasteiger partial charge in [0, 0.05) is 11.1 Å². The fourth-order valence-electron chi connectivity index (χ4n) is 3.22. The van der Waals surface area contributed by atoms with E-state index in [1.807, 2.05) is 30.3 Å². The Hall–Kier alpha value is -2.46. The average molecular weight is 389 g/mol. The number of benzene rings is 2. The van der Waals surface area contributed by atoms with Gasteiger partial charge in [-0.3, -0.25) is 0 Å². The summed E-state index contributed by atoms with van der Waals surface area (Å²) >= 11 is 0. The Morgan fingerprint density at radius 2 is 1.38 bits per heavy atom. The predicted molar refractivity (Wildman–Crippen MR) is 125 cm³/mol. The molecular weight excluding hydrogens is 352 g/mol. The fourth-order valence-corrected chi connectivity index (χ4v) is 3.22. The quantitative estimate of drug-likeness (QED) is 0.194. The molecule has 0 saturated heterocycles. The van der Waals surface area contributed by atoms with E-state index in [1.165, 1.54) is 50.5 Å². The maximum absolute atomic E-state index is 5.82. The van der Waals surface area contributed by atoms with Gasteiger partial charge >= 0.3 is 0 Å². The minimum absolute atomic E-state index is 0.801. The van der Waals surface area contributed by atoms with Crippen molar-refractivity contribution >= 4 is 0 Å². The summed E-state index contributed by atoms with van der Waals surface area (Å²) < 4.78 is 5.82.